The van der Waals surface area contributed by atoms with Crippen molar-refractivity contribution in [3.05, 3.63) is 98.6 Å². The smallest absolute Gasteiger partial charge is 0.254 e. The minimum Gasteiger partial charge on any atom is -0.318 e. The molecule has 2 aromatic carbocycles. The van der Waals surface area contributed by atoms with Crippen LogP contribution in [0.4, 0.5) is 10.1 Å². The summed E-state index contributed by atoms with van der Waals surface area (Å²) in [5.41, 5.74) is 6.23. The average Bonchev–Trinajstić information content (AvgIpc) is 2.73. The van der Waals surface area contributed by atoms with Crippen LogP contribution >= 0.6 is 0 Å². The summed E-state index contributed by atoms with van der Waals surface area (Å²) in [5, 5.41) is 0.854. The maximum absolute atomic E-state index is 13.8. The minimum absolute atomic E-state index is 0.0634. The van der Waals surface area contributed by atoms with Gasteiger partial charge in [0.1, 0.15) is 5.82 Å². The standard InChI is InChI=1S/C25H27FN2O3S/c1-6-18-12-20(15-28(5)25(18)29)24-14-22(27-32(30,31)7-2)9-8-19(24)13-23-16(3)10-21(26)11-17(23)4/h7-12,14-15,27H,2,6,13H2,1,3-5H3. The molecule has 0 atom stereocenters. The number of halogens is 1. The number of aryl methyl sites for hydroxylation is 4. The number of pyridine rings is 1. The number of hydrogen-bond donors (Lipinski definition) is 1. The number of nitrogens with zero attached hydrogens (tertiary/aromatic N) is 1. The molecule has 3 rings (SSSR count). The van der Waals surface area contributed by atoms with Crippen molar-refractivity contribution >= 4 is 15.7 Å². The van der Waals surface area contributed by atoms with Gasteiger partial charge in [-0.05, 0) is 90.4 Å². The fourth-order valence-corrected chi connectivity index (χ4v) is 4.40. The van der Waals surface area contributed by atoms with Gasteiger partial charge in [0.15, 0.2) is 0 Å². The Bertz CT molecular complexity index is 1340. The zero-order chi connectivity index (χ0) is 23.6. The Hall–Kier alpha value is -3.19. The van der Waals surface area contributed by atoms with Crippen LogP contribution in [-0.4, -0.2) is 13.0 Å². The summed E-state index contributed by atoms with van der Waals surface area (Å²) in [7, 11) is -1.97. The van der Waals surface area contributed by atoms with E-state index in [0.29, 0.717) is 24.1 Å². The number of benzene rings is 2. The van der Waals surface area contributed by atoms with Crippen molar-refractivity contribution in [2.24, 2.45) is 7.05 Å². The summed E-state index contributed by atoms with van der Waals surface area (Å²) in [6.45, 7) is 9.00. The van der Waals surface area contributed by atoms with E-state index < -0.39 is 10.0 Å². The molecule has 0 saturated carbocycles. The van der Waals surface area contributed by atoms with E-state index in [-0.39, 0.29) is 11.4 Å². The van der Waals surface area contributed by atoms with Crippen molar-refractivity contribution in [1.29, 1.82) is 0 Å². The second kappa shape index (κ2) is 9.12. The van der Waals surface area contributed by atoms with E-state index >= 15 is 0 Å². The summed E-state index contributed by atoms with van der Waals surface area (Å²) < 4.78 is 41.8. The third-order valence-electron chi connectivity index (χ3n) is 5.57. The first-order valence-electron chi connectivity index (χ1n) is 10.3. The third-order valence-corrected chi connectivity index (χ3v) is 6.53. The van der Waals surface area contributed by atoms with Gasteiger partial charge < -0.3 is 4.57 Å². The zero-order valence-corrected chi connectivity index (χ0v) is 19.5. The lowest BCUT2D eigenvalue weighted by atomic mass is 9.90. The van der Waals surface area contributed by atoms with Gasteiger partial charge in [-0.1, -0.05) is 19.6 Å². The fraction of sp³-hybridized carbons (Fsp3) is 0.240. The van der Waals surface area contributed by atoms with Crippen LogP contribution in [0.15, 0.2) is 59.4 Å². The van der Waals surface area contributed by atoms with Crippen LogP contribution < -0.4 is 10.3 Å². The summed E-state index contributed by atoms with van der Waals surface area (Å²) >= 11 is 0. The van der Waals surface area contributed by atoms with Gasteiger partial charge in [0, 0.05) is 29.9 Å². The highest BCUT2D eigenvalue weighted by molar-refractivity contribution is 7.95. The molecule has 1 heterocycles. The number of aromatic nitrogens is 1. The Morgan fingerprint density at radius 1 is 1.09 bits per heavy atom. The molecule has 0 bridgehead atoms. The molecule has 0 amide bonds. The Morgan fingerprint density at radius 3 is 2.34 bits per heavy atom. The number of nitrogens with one attached hydrogen (secondary N) is 1. The van der Waals surface area contributed by atoms with Gasteiger partial charge in [0.2, 0.25) is 0 Å². The lowest BCUT2D eigenvalue weighted by molar-refractivity contribution is 0.609. The molecule has 0 aliphatic rings. The average molecular weight is 455 g/mol. The highest BCUT2D eigenvalue weighted by Crippen LogP contribution is 2.31. The number of anilines is 1. The molecule has 0 fully saturated rings. The lowest BCUT2D eigenvalue weighted by Crippen LogP contribution is -2.20. The van der Waals surface area contributed by atoms with Gasteiger partial charge in [0.05, 0.1) is 0 Å². The Kier molecular flexibility index (Phi) is 6.69. The zero-order valence-electron chi connectivity index (χ0n) is 18.7. The molecule has 0 aliphatic heterocycles. The highest BCUT2D eigenvalue weighted by atomic mass is 32.2. The van der Waals surface area contributed by atoms with Crippen LogP contribution in [0, 0.1) is 19.7 Å². The molecule has 5 nitrogen and oxygen atoms in total. The quantitative estimate of drug-likeness (QED) is 0.555. The van der Waals surface area contributed by atoms with Gasteiger partial charge in [-0.15, -0.1) is 0 Å². The molecule has 1 N–H and O–H groups in total. The van der Waals surface area contributed by atoms with Crippen LogP contribution in [0.1, 0.15) is 34.7 Å². The molecule has 3 aromatic rings. The van der Waals surface area contributed by atoms with E-state index in [2.05, 4.69) is 11.3 Å². The van der Waals surface area contributed by atoms with E-state index in [9.17, 15) is 17.6 Å². The number of rotatable bonds is 7. The van der Waals surface area contributed by atoms with Crippen molar-refractivity contribution in [2.75, 3.05) is 4.72 Å². The fourth-order valence-electron chi connectivity index (χ4n) is 3.86. The second-order valence-corrected chi connectivity index (χ2v) is 9.53. The van der Waals surface area contributed by atoms with Crippen molar-refractivity contribution in [3.8, 4) is 11.1 Å². The molecule has 0 aliphatic carbocycles. The molecule has 7 heteroatoms. The molecular weight excluding hydrogens is 427 g/mol. The normalized spacial score (nSPS) is 11.4. The first-order chi connectivity index (χ1) is 15.0. The number of hydrogen-bond acceptors (Lipinski definition) is 3. The summed E-state index contributed by atoms with van der Waals surface area (Å²) in [6, 6.07) is 10.2. The van der Waals surface area contributed by atoms with Gasteiger partial charge >= 0.3 is 0 Å². The monoisotopic (exact) mass is 454 g/mol. The van der Waals surface area contributed by atoms with Crippen LogP contribution in [-0.2, 0) is 29.9 Å². The van der Waals surface area contributed by atoms with Crippen LogP contribution in [0.25, 0.3) is 11.1 Å². The van der Waals surface area contributed by atoms with Crippen LogP contribution in [0.3, 0.4) is 0 Å². The Labute approximate surface area is 188 Å². The van der Waals surface area contributed by atoms with Crippen molar-refractivity contribution in [1.82, 2.24) is 4.57 Å². The van der Waals surface area contributed by atoms with Gasteiger partial charge in [0.25, 0.3) is 15.6 Å². The lowest BCUT2D eigenvalue weighted by Gasteiger charge is -2.17. The van der Waals surface area contributed by atoms with E-state index in [4.69, 9.17) is 0 Å². The molecule has 0 unspecified atom stereocenters. The molecule has 32 heavy (non-hydrogen) atoms. The largest absolute Gasteiger partial charge is 0.318 e. The van der Waals surface area contributed by atoms with Crippen molar-refractivity contribution in [3.63, 3.8) is 0 Å². The van der Waals surface area contributed by atoms with E-state index in [0.717, 1.165) is 38.8 Å². The van der Waals surface area contributed by atoms with E-state index in [1.165, 1.54) is 16.7 Å². The number of sulfonamides is 1. The van der Waals surface area contributed by atoms with Gasteiger partial charge in [-0.25, -0.2) is 12.8 Å². The highest BCUT2D eigenvalue weighted by Gasteiger charge is 2.15. The van der Waals surface area contributed by atoms with Crippen LogP contribution in [0.5, 0.6) is 0 Å². The van der Waals surface area contributed by atoms with Gasteiger partial charge in [-0.2, -0.15) is 0 Å². The van der Waals surface area contributed by atoms with E-state index in [1.807, 2.05) is 32.9 Å². The second-order valence-electron chi connectivity index (χ2n) is 7.90. The maximum atomic E-state index is 13.8. The third kappa shape index (κ3) is 4.99. The van der Waals surface area contributed by atoms with Crippen LogP contribution in [0.2, 0.25) is 0 Å². The summed E-state index contributed by atoms with van der Waals surface area (Å²) in [4.78, 5) is 12.4. The molecule has 168 valence electrons. The Morgan fingerprint density at radius 2 is 1.75 bits per heavy atom. The SMILES string of the molecule is C=CS(=O)(=O)Nc1ccc(Cc2c(C)cc(F)cc2C)c(-c2cc(CC)c(=O)n(C)c2)c1. The molecular formula is C25H27FN2O3S. The molecule has 0 saturated heterocycles. The maximum Gasteiger partial charge on any atom is 0.254 e. The first-order valence-corrected chi connectivity index (χ1v) is 11.8. The predicted molar refractivity (Wildman–Crippen MR) is 128 cm³/mol. The first kappa shape index (κ1) is 23.5. The summed E-state index contributed by atoms with van der Waals surface area (Å²) in [6.07, 6.45) is 2.86. The van der Waals surface area contributed by atoms with Crippen molar-refractivity contribution < 1.29 is 12.8 Å². The molecule has 0 radical (unpaired) electrons. The van der Waals surface area contributed by atoms with Crippen molar-refractivity contribution in [2.45, 2.75) is 33.6 Å². The Balaban J connectivity index is 2.21. The van der Waals surface area contributed by atoms with Gasteiger partial charge in [-0.3, -0.25) is 9.52 Å². The minimum atomic E-state index is -3.67. The van der Waals surface area contributed by atoms with E-state index in [1.54, 1.807) is 25.4 Å². The predicted octanol–water partition coefficient (Wildman–Crippen LogP) is 4.85. The molecule has 0 spiro atoms. The topological polar surface area (TPSA) is 68.2 Å². The molecule has 1 aromatic heterocycles. The summed E-state index contributed by atoms with van der Waals surface area (Å²) in [5.74, 6) is -0.274.